The first-order valence-corrected chi connectivity index (χ1v) is 6.32. The Morgan fingerprint density at radius 3 is 2.33 bits per heavy atom. The van der Waals surface area contributed by atoms with E-state index in [1.807, 2.05) is 0 Å². The van der Waals surface area contributed by atoms with Crippen molar-refractivity contribution < 1.29 is 4.74 Å². The number of hydrogen-bond donors (Lipinski definition) is 2. The summed E-state index contributed by atoms with van der Waals surface area (Å²) in [5, 5.41) is 6.89. The standard InChI is InChI=1S/C12H26N2O/c1-3-12(5-9-15-10-6-12)11-14-8-7-13-4-2/h13-14H,3-11H2,1-2H3. The molecule has 0 aromatic heterocycles. The highest BCUT2D eigenvalue weighted by atomic mass is 16.5. The van der Waals surface area contributed by atoms with Crippen LogP contribution in [0.1, 0.15) is 33.1 Å². The van der Waals surface area contributed by atoms with Crippen molar-refractivity contribution in [3.05, 3.63) is 0 Å². The second-order valence-corrected chi connectivity index (χ2v) is 4.50. The van der Waals surface area contributed by atoms with Crippen molar-refractivity contribution in [1.29, 1.82) is 0 Å². The third-order valence-electron chi connectivity index (χ3n) is 3.53. The van der Waals surface area contributed by atoms with Gasteiger partial charge in [-0.3, -0.25) is 0 Å². The van der Waals surface area contributed by atoms with Crippen molar-refractivity contribution in [2.24, 2.45) is 5.41 Å². The van der Waals surface area contributed by atoms with Gasteiger partial charge in [0, 0.05) is 32.8 Å². The summed E-state index contributed by atoms with van der Waals surface area (Å²) in [4.78, 5) is 0. The van der Waals surface area contributed by atoms with Crippen LogP contribution < -0.4 is 10.6 Å². The molecule has 0 unspecified atom stereocenters. The van der Waals surface area contributed by atoms with Crippen LogP contribution in [0.4, 0.5) is 0 Å². The highest BCUT2D eigenvalue weighted by Crippen LogP contribution is 2.32. The van der Waals surface area contributed by atoms with Crippen LogP contribution in [-0.2, 0) is 4.74 Å². The Kier molecular flexibility index (Phi) is 6.22. The monoisotopic (exact) mass is 214 g/mol. The van der Waals surface area contributed by atoms with Gasteiger partial charge < -0.3 is 15.4 Å². The Morgan fingerprint density at radius 1 is 1.07 bits per heavy atom. The zero-order valence-corrected chi connectivity index (χ0v) is 10.3. The minimum atomic E-state index is 0.504. The highest BCUT2D eigenvalue weighted by molar-refractivity contribution is 4.82. The predicted molar refractivity (Wildman–Crippen MR) is 64.2 cm³/mol. The van der Waals surface area contributed by atoms with Gasteiger partial charge in [-0.05, 0) is 31.2 Å². The van der Waals surface area contributed by atoms with E-state index in [1.54, 1.807) is 0 Å². The average molecular weight is 214 g/mol. The first-order chi connectivity index (χ1) is 7.33. The quantitative estimate of drug-likeness (QED) is 0.628. The maximum atomic E-state index is 5.43. The molecule has 3 heteroatoms. The number of likely N-dealkylation sites (N-methyl/N-ethyl adjacent to an activating group) is 1. The highest BCUT2D eigenvalue weighted by Gasteiger charge is 2.29. The van der Waals surface area contributed by atoms with Crippen molar-refractivity contribution in [3.63, 3.8) is 0 Å². The maximum Gasteiger partial charge on any atom is 0.0471 e. The van der Waals surface area contributed by atoms with Crippen LogP contribution in [0.2, 0.25) is 0 Å². The molecule has 1 fully saturated rings. The van der Waals surface area contributed by atoms with Gasteiger partial charge in [-0.15, -0.1) is 0 Å². The maximum absolute atomic E-state index is 5.43. The van der Waals surface area contributed by atoms with E-state index >= 15 is 0 Å². The van der Waals surface area contributed by atoms with Gasteiger partial charge in [-0.1, -0.05) is 13.8 Å². The van der Waals surface area contributed by atoms with E-state index < -0.39 is 0 Å². The molecular formula is C12H26N2O. The van der Waals surface area contributed by atoms with E-state index in [9.17, 15) is 0 Å². The fourth-order valence-corrected chi connectivity index (χ4v) is 2.17. The molecule has 1 saturated heterocycles. The molecule has 0 atom stereocenters. The summed E-state index contributed by atoms with van der Waals surface area (Å²) >= 11 is 0. The van der Waals surface area contributed by atoms with Crippen LogP contribution in [0.3, 0.4) is 0 Å². The Hall–Kier alpha value is -0.120. The number of nitrogens with one attached hydrogen (secondary N) is 2. The molecule has 3 nitrogen and oxygen atoms in total. The van der Waals surface area contributed by atoms with E-state index in [-0.39, 0.29) is 0 Å². The summed E-state index contributed by atoms with van der Waals surface area (Å²) < 4.78 is 5.43. The molecule has 0 saturated carbocycles. The van der Waals surface area contributed by atoms with E-state index in [0.29, 0.717) is 5.41 Å². The van der Waals surface area contributed by atoms with Crippen molar-refractivity contribution in [2.45, 2.75) is 33.1 Å². The number of rotatable bonds is 7. The average Bonchev–Trinajstić information content (AvgIpc) is 2.30. The summed E-state index contributed by atoms with van der Waals surface area (Å²) in [6.07, 6.45) is 3.71. The molecule has 0 radical (unpaired) electrons. The van der Waals surface area contributed by atoms with Crippen molar-refractivity contribution in [2.75, 3.05) is 39.4 Å². The topological polar surface area (TPSA) is 33.3 Å². The van der Waals surface area contributed by atoms with Crippen LogP contribution >= 0.6 is 0 Å². The molecule has 0 bridgehead atoms. The molecule has 0 aliphatic carbocycles. The van der Waals surface area contributed by atoms with Gasteiger partial charge in [0.15, 0.2) is 0 Å². The molecule has 1 aliphatic heterocycles. The minimum Gasteiger partial charge on any atom is -0.381 e. The molecule has 0 amide bonds. The largest absolute Gasteiger partial charge is 0.381 e. The molecular weight excluding hydrogens is 188 g/mol. The van der Waals surface area contributed by atoms with Crippen molar-refractivity contribution >= 4 is 0 Å². The fraction of sp³-hybridized carbons (Fsp3) is 1.00. The van der Waals surface area contributed by atoms with Crippen molar-refractivity contribution in [3.8, 4) is 0 Å². The van der Waals surface area contributed by atoms with E-state index in [2.05, 4.69) is 24.5 Å². The Labute approximate surface area is 94.0 Å². The third kappa shape index (κ3) is 4.49. The molecule has 90 valence electrons. The van der Waals surface area contributed by atoms with Gasteiger partial charge in [0.05, 0.1) is 0 Å². The second-order valence-electron chi connectivity index (χ2n) is 4.50. The van der Waals surface area contributed by atoms with Crippen LogP contribution in [0, 0.1) is 5.41 Å². The van der Waals surface area contributed by atoms with Gasteiger partial charge >= 0.3 is 0 Å². The van der Waals surface area contributed by atoms with Gasteiger partial charge in [0.2, 0.25) is 0 Å². The minimum absolute atomic E-state index is 0.504. The number of hydrogen-bond acceptors (Lipinski definition) is 3. The summed E-state index contributed by atoms with van der Waals surface area (Å²) in [6.45, 7) is 10.7. The normalized spacial score (nSPS) is 20.4. The van der Waals surface area contributed by atoms with Gasteiger partial charge in [0.25, 0.3) is 0 Å². The Balaban J connectivity index is 2.15. The van der Waals surface area contributed by atoms with Gasteiger partial charge in [-0.2, -0.15) is 0 Å². The van der Waals surface area contributed by atoms with E-state index in [4.69, 9.17) is 4.74 Å². The fourth-order valence-electron chi connectivity index (χ4n) is 2.17. The predicted octanol–water partition coefficient (Wildman–Crippen LogP) is 1.39. The zero-order valence-electron chi connectivity index (χ0n) is 10.3. The molecule has 0 aromatic rings. The molecule has 0 spiro atoms. The van der Waals surface area contributed by atoms with Crippen LogP contribution in [0.15, 0.2) is 0 Å². The summed E-state index contributed by atoms with van der Waals surface area (Å²) in [7, 11) is 0. The first kappa shape index (κ1) is 12.9. The van der Waals surface area contributed by atoms with Crippen molar-refractivity contribution in [1.82, 2.24) is 10.6 Å². The summed E-state index contributed by atoms with van der Waals surface area (Å²) in [5.41, 5.74) is 0.504. The van der Waals surface area contributed by atoms with Crippen LogP contribution in [0.5, 0.6) is 0 Å². The summed E-state index contributed by atoms with van der Waals surface area (Å²) in [6, 6.07) is 0. The lowest BCUT2D eigenvalue weighted by Gasteiger charge is -2.36. The van der Waals surface area contributed by atoms with Gasteiger partial charge in [0.1, 0.15) is 0 Å². The van der Waals surface area contributed by atoms with Crippen LogP contribution in [0.25, 0.3) is 0 Å². The molecule has 15 heavy (non-hydrogen) atoms. The lowest BCUT2D eigenvalue weighted by atomic mass is 9.78. The lowest BCUT2D eigenvalue weighted by molar-refractivity contribution is 0.0130. The van der Waals surface area contributed by atoms with Gasteiger partial charge in [-0.25, -0.2) is 0 Å². The number of ether oxygens (including phenoxy) is 1. The molecule has 0 aromatic carbocycles. The third-order valence-corrected chi connectivity index (χ3v) is 3.53. The SMILES string of the molecule is CCNCCNCC1(CC)CCOCC1. The molecule has 2 N–H and O–H groups in total. The van der Waals surface area contributed by atoms with E-state index in [0.717, 1.165) is 39.4 Å². The second kappa shape index (κ2) is 7.20. The zero-order chi connectivity index (χ0) is 11.0. The first-order valence-electron chi connectivity index (χ1n) is 6.32. The smallest absolute Gasteiger partial charge is 0.0471 e. The molecule has 1 heterocycles. The Morgan fingerprint density at radius 2 is 1.73 bits per heavy atom. The molecule has 1 rings (SSSR count). The molecule has 1 aliphatic rings. The van der Waals surface area contributed by atoms with Crippen LogP contribution in [-0.4, -0.2) is 39.4 Å². The Bertz CT molecular complexity index is 156. The summed E-state index contributed by atoms with van der Waals surface area (Å²) in [5.74, 6) is 0. The van der Waals surface area contributed by atoms with E-state index in [1.165, 1.54) is 19.3 Å². The lowest BCUT2D eigenvalue weighted by Crippen LogP contribution is -2.40.